The zero-order valence-corrected chi connectivity index (χ0v) is 12.0. The Morgan fingerprint density at radius 2 is 2.37 bits per heavy atom. The van der Waals surface area contributed by atoms with Gasteiger partial charge in [-0.05, 0) is 38.9 Å². The zero-order chi connectivity index (χ0) is 13.8. The third-order valence-corrected chi connectivity index (χ3v) is 3.47. The van der Waals surface area contributed by atoms with Gasteiger partial charge in [-0.2, -0.15) is 5.10 Å². The van der Waals surface area contributed by atoms with E-state index in [2.05, 4.69) is 15.5 Å². The number of allylic oxidation sites excluding steroid dienone is 1. The van der Waals surface area contributed by atoms with Crippen LogP contribution < -0.4 is 5.32 Å². The summed E-state index contributed by atoms with van der Waals surface area (Å²) in [5.74, 6) is 1.50. The summed E-state index contributed by atoms with van der Waals surface area (Å²) < 4.78 is 7.81. The standard InChI is InChI=1S/C12H18N4O2S/c1-8-10(4-3-7-18-8)11(17)13-5-6-16-9(2)14-15-12(16)19/h3-7H2,1-2H3,(H,13,17)(H,15,19). The van der Waals surface area contributed by atoms with Crippen LogP contribution in [0.4, 0.5) is 0 Å². The van der Waals surface area contributed by atoms with Gasteiger partial charge in [0, 0.05) is 13.1 Å². The highest BCUT2D eigenvalue weighted by Crippen LogP contribution is 2.18. The Morgan fingerprint density at radius 3 is 3.00 bits per heavy atom. The highest BCUT2D eigenvalue weighted by Gasteiger charge is 2.17. The van der Waals surface area contributed by atoms with Crippen LogP contribution in [0.15, 0.2) is 11.3 Å². The van der Waals surface area contributed by atoms with Crippen molar-refractivity contribution < 1.29 is 9.53 Å². The molecule has 2 heterocycles. The molecule has 1 aliphatic rings. The highest BCUT2D eigenvalue weighted by atomic mass is 32.1. The molecule has 1 aromatic rings. The maximum Gasteiger partial charge on any atom is 0.250 e. The van der Waals surface area contributed by atoms with Gasteiger partial charge in [0.15, 0.2) is 4.77 Å². The normalized spacial score (nSPS) is 15.3. The predicted molar refractivity (Wildman–Crippen MR) is 73.0 cm³/mol. The molecule has 2 N–H and O–H groups in total. The molecule has 0 radical (unpaired) electrons. The topological polar surface area (TPSA) is 71.9 Å². The molecule has 0 aromatic carbocycles. The lowest BCUT2D eigenvalue weighted by Gasteiger charge is -2.18. The second kappa shape index (κ2) is 6.01. The van der Waals surface area contributed by atoms with Crippen molar-refractivity contribution in [3.63, 3.8) is 0 Å². The SMILES string of the molecule is CC1=C(C(=O)NCCn2c(C)n[nH]c2=S)CCCO1. The summed E-state index contributed by atoms with van der Waals surface area (Å²) in [7, 11) is 0. The van der Waals surface area contributed by atoms with Gasteiger partial charge in [-0.15, -0.1) is 0 Å². The van der Waals surface area contributed by atoms with Gasteiger partial charge < -0.3 is 14.6 Å². The fourth-order valence-electron chi connectivity index (χ4n) is 2.06. The predicted octanol–water partition coefficient (Wildman–Crippen LogP) is 1.45. The van der Waals surface area contributed by atoms with E-state index in [1.807, 2.05) is 18.4 Å². The molecule has 1 amide bonds. The number of ether oxygens (including phenoxy) is 1. The van der Waals surface area contributed by atoms with Crippen molar-refractivity contribution >= 4 is 18.1 Å². The molecular weight excluding hydrogens is 264 g/mol. The first kappa shape index (κ1) is 13.8. The molecule has 2 rings (SSSR count). The monoisotopic (exact) mass is 282 g/mol. The van der Waals surface area contributed by atoms with Crippen molar-refractivity contribution in [2.45, 2.75) is 33.2 Å². The van der Waals surface area contributed by atoms with Crippen molar-refractivity contribution in [1.29, 1.82) is 0 Å². The van der Waals surface area contributed by atoms with Crippen LogP contribution in [-0.4, -0.2) is 33.8 Å². The number of hydrogen-bond acceptors (Lipinski definition) is 4. The van der Waals surface area contributed by atoms with Gasteiger partial charge in [0.25, 0.3) is 5.91 Å². The molecule has 0 unspecified atom stereocenters. The lowest BCUT2D eigenvalue weighted by Crippen LogP contribution is -2.30. The van der Waals surface area contributed by atoms with Gasteiger partial charge in [-0.3, -0.25) is 9.89 Å². The van der Waals surface area contributed by atoms with Crippen LogP contribution in [0, 0.1) is 11.7 Å². The van der Waals surface area contributed by atoms with E-state index < -0.39 is 0 Å². The number of H-pyrrole nitrogens is 1. The Balaban J connectivity index is 1.89. The number of hydrogen-bond donors (Lipinski definition) is 2. The molecule has 0 aliphatic carbocycles. The van der Waals surface area contributed by atoms with E-state index in [1.54, 1.807) is 0 Å². The third kappa shape index (κ3) is 3.23. The summed E-state index contributed by atoms with van der Waals surface area (Å²) in [6.07, 6.45) is 1.67. The summed E-state index contributed by atoms with van der Waals surface area (Å²) in [4.78, 5) is 12.0. The van der Waals surface area contributed by atoms with E-state index in [1.165, 1.54) is 0 Å². The molecule has 1 aliphatic heterocycles. The molecule has 0 saturated heterocycles. The van der Waals surface area contributed by atoms with Crippen molar-refractivity contribution in [2.75, 3.05) is 13.2 Å². The molecule has 0 atom stereocenters. The summed E-state index contributed by atoms with van der Waals surface area (Å²) in [6.45, 7) is 5.54. The van der Waals surface area contributed by atoms with E-state index in [0.717, 1.165) is 30.0 Å². The fourth-order valence-corrected chi connectivity index (χ4v) is 2.33. The average molecular weight is 282 g/mol. The molecule has 0 fully saturated rings. The van der Waals surface area contributed by atoms with Gasteiger partial charge in [0.1, 0.15) is 11.6 Å². The molecule has 6 nitrogen and oxygen atoms in total. The third-order valence-electron chi connectivity index (χ3n) is 3.16. The van der Waals surface area contributed by atoms with Crippen LogP contribution >= 0.6 is 12.2 Å². The molecule has 0 saturated carbocycles. The van der Waals surface area contributed by atoms with Crippen molar-refractivity contribution in [1.82, 2.24) is 20.1 Å². The lowest BCUT2D eigenvalue weighted by molar-refractivity contribution is -0.118. The van der Waals surface area contributed by atoms with E-state index in [-0.39, 0.29) is 5.91 Å². The Bertz CT molecular complexity index is 558. The van der Waals surface area contributed by atoms with Gasteiger partial charge >= 0.3 is 0 Å². The largest absolute Gasteiger partial charge is 0.498 e. The Morgan fingerprint density at radius 1 is 1.58 bits per heavy atom. The first-order valence-electron chi connectivity index (χ1n) is 6.32. The Hall–Kier alpha value is -1.63. The second-order valence-electron chi connectivity index (χ2n) is 4.47. The summed E-state index contributed by atoms with van der Waals surface area (Å²) in [5, 5.41) is 9.63. The average Bonchev–Trinajstić information content (AvgIpc) is 2.70. The maximum absolute atomic E-state index is 12.0. The summed E-state index contributed by atoms with van der Waals surface area (Å²) in [5.41, 5.74) is 0.749. The second-order valence-corrected chi connectivity index (χ2v) is 4.86. The fraction of sp³-hybridized carbons (Fsp3) is 0.583. The van der Waals surface area contributed by atoms with Crippen LogP contribution in [0.25, 0.3) is 0 Å². The van der Waals surface area contributed by atoms with Crippen LogP contribution in [-0.2, 0) is 16.1 Å². The molecule has 7 heteroatoms. The van der Waals surface area contributed by atoms with Crippen LogP contribution in [0.1, 0.15) is 25.6 Å². The highest BCUT2D eigenvalue weighted by molar-refractivity contribution is 7.71. The molecular formula is C12H18N4O2S. The van der Waals surface area contributed by atoms with Gasteiger partial charge in [-0.1, -0.05) is 0 Å². The number of aryl methyl sites for hydroxylation is 1. The number of aromatic amines is 1. The van der Waals surface area contributed by atoms with E-state index in [0.29, 0.717) is 24.5 Å². The number of rotatable bonds is 4. The number of aromatic nitrogens is 3. The smallest absolute Gasteiger partial charge is 0.250 e. The van der Waals surface area contributed by atoms with Gasteiger partial charge in [0.2, 0.25) is 0 Å². The number of nitrogens with zero attached hydrogens (tertiary/aromatic N) is 2. The summed E-state index contributed by atoms with van der Waals surface area (Å²) >= 11 is 5.10. The maximum atomic E-state index is 12.0. The molecule has 104 valence electrons. The van der Waals surface area contributed by atoms with Gasteiger partial charge in [0.05, 0.1) is 12.2 Å². The number of carbonyl (C=O) groups is 1. The Kier molecular flexibility index (Phi) is 4.36. The van der Waals surface area contributed by atoms with Crippen molar-refractivity contribution in [3.05, 3.63) is 21.9 Å². The van der Waals surface area contributed by atoms with E-state index in [9.17, 15) is 4.79 Å². The first-order chi connectivity index (χ1) is 9.09. The Labute approximate surface area is 116 Å². The molecule has 19 heavy (non-hydrogen) atoms. The number of amides is 1. The van der Waals surface area contributed by atoms with Crippen LogP contribution in [0.5, 0.6) is 0 Å². The first-order valence-corrected chi connectivity index (χ1v) is 6.73. The minimum atomic E-state index is -0.0510. The van der Waals surface area contributed by atoms with Crippen LogP contribution in [0.3, 0.4) is 0 Å². The van der Waals surface area contributed by atoms with E-state index in [4.69, 9.17) is 17.0 Å². The van der Waals surface area contributed by atoms with Crippen molar-refractivity contribution in [3.8, 4) is 0 Å². The number of carbonyl (C=O) groups excluding carboxylic acids is 1. The zero-order valence-electron chi connectivity index (χ0n) is 11.2. The minimum Gasteiger partial charge on any atom is -0.498 e. The minimum absolute atomic E-state index is 0.0510. The van der Waals surface area contributed by atoms with Crippen LogP contribution in [0.2, 0.25) is 0 Å². The summed E-state index contributed by atoms with van der Waals surface area (Å²) in [6, 6.07) is 0. The van der Waals surface area contributed by atoms with Crippen molar-refractivity contribution in [2.24, 2.45) is 0 Å². The van der Waals surface area contributed by atoms with Gasteiger partial charge in [-0.25, -0.2) is 0 Å². The quantitative estimate of drug-likeness (QED) is 0.820. The lowest BCUT2D eigenvalue weighted by atomic mass is 10.1. The number of nitrogens with one attached hydrogen (secondary N) is 2. The molecule has 0 bridgehead atoms. The van der Waals surface area contributed by atoms with E-state index >= 15 is 0 Å². The molecule has 1 aromatic heterocycles. The molecule has 0 spiro atoms.